The van der Waals surface area contributed by atoms with E-state index in [1.807, 2.05) is 164 Å². The molecule has 0 radical (unpaired) electrons. The largest absolute Gasteiger partial charge is 0.329 e. The first kappa shape index (κ1) is 70.2. The molecule has 0 aliphatic carbocycles. The Morgan fingerprint density at radius 3 is 0.960 bits per heavy atom. The van der Waals surface area contributed by atoms with Gasteiger partial charge in [-0.25, -0.2) is 17.6 Å². The first-order valence-electron chi connectivity index (χ1n) is 33.4. The second kappa shape index (κ2) is 33.4. The summed E-state index contributed by atoms with van der Waals surface area (Å²) in [5.41, 5.74) is 29.7. The molecule has 8 N–H and O–H groups in total. The van der Waals surface area contributed by atoms with E-state index in [9.17, 15) is 36.7 Å². The predicted molar refractivity (Wildman–Crippen MR) is 398 cm³/mol. The van der Waals surface area contributed by atoms with Gasteiger partial charge in [0, 0.05) is 57.9 Å². The number of ketones is 4. The SMILES string of the molecule is NCC(C(=O)Cc1ccc2ccccc2c1)c1ccc(F)c(F)c1.NCC(C(=O)Cc1ccc2ccccc2c1)c1ccc(F)cc1F.NCC(C(=O)Cc1ccc2ccccc2c1)c1ccc2ccccc2c1.NCC(C(=O)Cc1ccc2ccccc2c1)c1cccc2ccccc12. The van der Waals surface area contributed by atoms with Crippen molar-refractivity contribution in [1.29, 1.82) is 0 Å². The van der Waals surface area contributed by atoms with E-state index in [0.29, 0.717) is 31.5 Å². The van der Waals surface area contributed by atoms with Crippen LogP contribution in [-0.4, -0.2) is 49.3 Å². The lowest BCUT2D eigenvalue weighted by atomic mass is 9.87. The molecule has 100 heavy (non-hydrogen) atoms. The van der Waals surface area contributed by atoms with Gasteiger partial charge in [0.2, 0.25) is 0 Å². The van der Waals surface area contributed by atoms with Crippen LogP contribution in [0.4, 0.5) is 17.6 Å². The summed E-state index contributed by atoms with van der Waals surface area (Å²) >= 11 is 0. The average molecular weight is 1330 g/mol. The normalized spacial score (nSPS) is 12.3. The van der Waals surface area contributed by atoms with Gasteiger partial charge in [-0.05, 0) is 127 Å². The Kier molecular flexibility index (Phi) is 23.5. The molecule has 0 fully saturated rings. The molecule has 0 saturated heterocycles. The van der Waals surface area contributed by atoms with Gasteiger partial charge in [-0.1, -0.05) is 267 Å². The molecule has 0 spiro atoms. The number of halogens is 4. The van der Waals surface area contributed by atoms with Gasteiger partial charge >= 0.3 is 0 Å². The van der Waals surface area contributed by atoms with Crippen LogP contribution in [0.25, 0.3) is 64.6 Å². The maximum absolute atomic E-state index is 13.9. The highest BCUT2D eigenvalue weighted by Gasteiger charge is 2.26. The molecule has 12 heteroatoms. The van der Waals surface area contributed by atoms with Crippen LogP contribution in [0.3, 0.4) is 0 Å². The fourth-order valence-corrected chi connectivity index (χ4v) is 13.0. The number of fused-ring (bicyclic) bond motifs is 6. The van der Waals surface area contributed by atoms with Gasteiger partial charge < -0.3 is 22.9 Å². The smallest absolute Gasteiger partial charge is 0.159 e. The van der Waals surface area contributed by atoms with Crippen LogP contribution in [0.15, 0.2) is 291 Å². The summed E-state index contributed by atoms with van der Waals surface area (Å²) in [4.78, 5) is 51.1. The van der Waals surface area contributed by atoms with Gasteiger partial charge in [-0.15, -0.1) is 0 Å². The van der Waals surface area contributed by atoms with Gasteiger partial charge in [-0.3, -0.25) is 19.2 Å². The van der Waals surface area contributed by atoms with Crippen molar-refractivity contribution in [2.45, 2.75) is 49.4 Å². The molecule has 0 aliphatic rings. The molecule has 14 aromatic carbocycles. The van der Waals surface area contributed by atoms with Gasteiger partial charge in [0.25, 0.3) is 0 Å². The molecule has 0 bridgehead atoms. The zero-order valence-electron chi connectivity index (χ0n) is 55.1. The molecule has 500 valence electrons. The summed E-state index contributed by atoms with van der Waals surface area (Å²) in [5.74, 6) is -5.26. The Morgan fingerprint density at radius 1 is 0.250 bits per heavy atom. The molecule has 0 amide bonds. The third kappa shape index (κ3) is 17.4. The fourth-order valence-electron chi connectivity index (χ4n) is 13.0. The molecule has 4 atom stereocenters. The van der Waals surface area contributed by atoms with E-state index in [1.165, 1.54) is 28.3 Å². The van der Waals surface area contributed by atoms with Crippen molar-refractivity contribution in [3.8, 4) is 0 Å². The van der Waals surface area contributed by atoms with Crippen LogP contribution >= 0.6 is 0 Å². The van der Waals surface area contributed by atoms with Crippen molar-refractivity contribution >= 4 is 87.8 Å². The third-order valence-corrected chi connectivity index (χ3v) is 18.3. The summed E-state index contributed by atoms with van der Waals surface area (Å²) < 4.78 is 53.5. The Morgan fingerprint density at radius 2 is 0.570 bits per heavy atom. The average Bonchev–Trinajstić information content (AvgIpc) is 0.803. The molecule has 0 heterocycles. The van der Waals surface area contributed by atoms with E-state index in [4.69, 9.17) is 22.9 Å². The van der Waals surface area contributed by atoms with Gasteiger partial charge in [0.1, 0.15) is 34.8 Å². The van der Waals surface area contributed by atoms with E-state index in [-0.39, 0.29) is 66.5 Å². The number of benzene rings is 14. The highest BCUT2D eigenvalue weighted by atomic mass is 19.2. The first-order valence-corrected chi connectivity index (χ1v) is 33.4. The Balaban J connectivity index is 0.000000135. The number of carbonyl (C=O) groups is 4. The molecule has 0 saturated carbocycles. The summed E-state index contributed by atoms with van der Waals surface area (Å²) in [7, 11) is 0. The standard InChI is InChI=1S/2C24H21NO.2C20H17F2NO/c25-16-23(22-12-11-19-6-2-4-8-21(19)15-22)24(26)14-17-9-10-18-5-1-3-7-20(18)13-17;25-16-23(22-11-5-9-19-7-3-4-10-21(19)22)24(26)15-17-12-13-18-6-1-2-8-20(18)14-17;21-18-8-7-16(11-19(18)22)17(12-23)20(24)10-13-5-6-14-3-1-2-4-15(14)9-13;21-16-7-8-17(19(22)11-16)18(12-23)20(24)10-13-5-6-14-3-1-2-4-15(14)9-13/h1-13,15,23H,14,16,25H2;1-14,23H,15-16,25H2;1-9,11,17H,10,12,23H2;1-9,11,18H,10,12,23H2. The second-order valence-electron chi connectivity index (χ2n) is 25.0. The van der Waals surface area contributed by atoms with E-state index >= 15 is 0 Å². The van der Waals surface area contributed by atoms with Crippen molar-refractivity contribution in [2.75, 3.05) is 26.2 Å². The van der Waals surface area contributed by atoms with Crippen molar-refractivity contribution in [3.05, 3.63) is 359 Å². The maximum Gasteiger partial charge on any atom is 0.159 e. The fraction of sp³-hybridized carbons (Fsp3) is 0.136. The van der Waals surface area contributed by atoms with E-state index in [0.717, 1.165) is 106 Å². The lowest BCUT2D eigenvalue weighted by Gasteiger charge is -2.17. The molecule has 0 aromatic heterocycles. The second-order valence-corrected chi connectivity index (χ2v) is 25.0. The summed E-state index contributed by atoms with van der Waals surface area (Å²) in [6, 6.07) is 91.5. The third-order valence-electron chi connectivity index (χ3n) is 18.3. The summed E-state index contributed by atoms with van der Waals surface area (Å²) in [6.45, 7) is 0.678. The molecule has 14 rings (SSSR count). The number of rotatable bonds is 20. The van der Waals surface area contributed by atoms with E-state index in [2.05, 4.69) is 91.0 Å². The number of hydrogen-bond acceptors (Lipinski definition) is 8. The first-order chi connectivity index (χ1) is 48.7. The summed E-state index contributed by atoms with van der Waals surface area (Å²) in [5, 5.41) is 13.6. The van der Waals surface area contributed by atoms with Crippen molar-refractivity contribution in [1.82, 2.24) is 0 Å². The lowest BCUT2D eigenvalue weighted by Crippen LogP contribution is -2.24. The number of Topliss-reactive ketones (excluding diaryl/α,β-unsaturated/α-hetero) is 4. The zero-order valence-corrected chi connectivity index (χ0v) is 55.1. The zero-order chi connectivity index (χ0) is 70.1. The Labute approximate surface area is 578 Å². The molecular formula is C88H76F4N4O4. The molecule has 14 aromatic rings. The Hall–Kier alpha value is -11.1. The number of hydrogen-bond donors (Lipinski definition) is 4. The van der Waals surface area contributed by atoms with Crippen molar-refractivity contribution in [2.24, 2.45) is 22.9 Å². The van der Waals surface area contributed by atoms with E-state index in [1.54, 1.807) is 0 Å². The van der Waals surface area contributed by atoms with Crippen molar-refractivity contribution in [3.63, 3.8) is 0 Å². The highest BCUT2D eigenvalue weighted by molar-refractivity contribution is 5.97. The topological polar surface area (TPSA) is 172 Å². The molecule has 0 aliphatic heterocycles. The van der Waals surface area contributed by atoms with Gasteiger partial charge in [0.05, 0.1) is 23.7 Å². The highest BCUT2D eigenvalue weighted by Crippen LogP contribution is 2.31. The Bertz CT molecular complexity index is 5240. The quantitative estimate of drug-likeness (QED) is 0.0546. The number of carbonyl (C=O) groups excluding carboxylic acids is 4. The minimum atomic E-state index is -0.968. The van der Waals surface area contributed by atoms with Crippen LogP contribution in [0, 0.1) is 23.3 Å². The molecular weight excluding hydrogens is 1250 g/mol. The lowest BCUT2D eigenvalue weighted by molar-refractivity contribution is -0.120. The van der Waals surface area contributed by atoms with Crippen LogP contribution in [0.1, 0.15) is 68.2 Å². The van der Waals surface area contributed by atoms with Crippen LogP contribution in [-0.2, 0) is 44.9 Å². The minimum absolute atomic E-state index is 0.0189. The molecule has 4 unspecified atom stereocenters. The minimum Gasteiger partial charge on any atom is -0.329 e. The summed E-state index contributed by atoms with van der Waals surface area (Å²) in [6.07, 6.45) is 1.16. The van der Waals surface area contributed by atoms with Crippen molar-refractivity contribution < 1.29 is 36.7 Å². The van der Waals surface area contributed by atoms with Crippen LogP contribution < -0.4 is 22.9 Å². The molecule has 8 nitrogen and oxygen atoms in total. The van der Waals surface area contributed by atoms with Crippen LogP contribution in [0.5, 0.6) is 0 Å². The number of nitrogens with two attached hydrogens (primary N) is 4. The van der Waals surface area contributed by atoms with Gasteiger partial charge in [-0.2, -0.15) is 0 Å². The van der Waals surface area contributed by atoms with Crippen LogP contribution in [0.2, 0.25) is 0 Å². The van der Waals surface area contributed by atoms with Gasteiger partial charge in [0.15, 0.2) is 11.6 Å². The monoisotopic (exact) mass is 1330 g/mol. The maximum atomic E-state index is 13.9. The predicted octanol–water partition coefficient (Wildman–Crippen LogP) is 17.6. The van der Waals surface area contributed by atoms with E-state index < -0.39 is 35.1 Å².